The van der Waals surface area contributed by atoms with E-state index in [2.05, 4.69) is 30.7 Å². The van der Waals surface area contributed by atoms with Crippen molar-refractivity contribution in [3.63, 3.8) is 0 Å². The van der Waals surface area contributed by atoms with Gasteiger partial charge in [0.25, 0.3) is 0 Å². The number of aromatic nitrogens is 2. The molecular weight excluding hydrogens is 202 g/mol. The van der Waals surface area contributed by atoms with Crippen molar-refractivity contribution in [2.45, 2.75) is 26.2 Å². The third-order valence-corrected chi connectivity index (χ3v) is 2.63. The van der Waals surface area contributed by atoms with Crippen LogP contribution in [0.2, 0.25) is 0 Å². The summed E-state index contributed by atoms with van der Waals surface area (Å²) < 4.78 is 0. The summed E-state index contributed by atoms with van der Waals surface area (Å²) in [5, 5.41) is 0.798. The summed E-state index contributed by atoms with van der Waals surface area (Å²) >= 11 is 0. The van der Waals surface area contributed by atoms with Gasteiger partial charge < -0.3 is 10.7 Å². The second-order valence-electron chi connectivity index (χ2n) is 4.94. The van der Waals surface area contributed by atoms with Gasteiger partial charge in [-0.3, -0.25) is 0 Å². The third-order valence-electron chi connectivity index (χ3n) is 2.63. The summed E-state index contributed by atoms with van der Waals surface area (Å²) in [4.78, 5) is 17.5. The molecule has 0 atom stereocenters. The Kier molecular flexibility index (Phi) is 2.22. The van der Waals surface area contributed by atoms with Crippen molar-refractivity contribution >= 4 is 16.7 Å². The van der Waals surface area contributed by atoms with Crippen molar-refractivity contribution < 1.29 is 0 Å². The number of rotatable bonds is 0. The largest absolute Gasteiger partial charge is 0.383 e. The molecule has 0 amide bonds. The third kappa shape index (κ3) is 1.78. The predicted molar refractivity (Wildman–Crippen MR) is 65.5 cm³/mol. The number of aromatic amines is 1. The summed E-state index contributed by atoms with van der Waals surface area (Å²) in [6.07, 6.45) is 0. The number of nitrogens with two attached hydrogens (primary N) is 1. The van der Waals surface area contributed by atoms with Crippen LogP contribution in [0, 0.1) is 0 Å². The van der Waals surface area contributed by atoms with Gasteiger partial charge in [0.15, 0.2) is 0 Å². The molecule has 0 aliphatic heterocycles. The minimum atomic E-state index is -0.409. The molecular formula is C12H15N3O. The van der Waals surface area contributed by atoms with E-state index in [0.29, 0.717) is 0 Å². The molecule has 0 saturated carbocycles. The SMILES string of the molecule is CC(C)(C)c1ccc2[nH]c(=O)nc(N)c2c1. The predicted octanol–water partition coefficient (Wildman–Crippen LogP) is 1.80. The van der Waals surface area contributed by atoms with E-state index in [1.807, 2.05) is 18.2 Å². The van der Waals surface area contributed by atoms with Crippen molar-refractivity contribution in [3.05, 3.63) is 34.2 Å². The van der Waals surface area contributed by atoms with E-state index in [9.17, 15) is 4.79 Å². The summed E-state index contributed by atoms with van der Waals surface area (Å²) in [7, 11) is 0. The molecule has 0 spiro atoms. The first-order valence-electron chi connectivity index (χ1n) is 5.18. The van der Waals surface area contributed by atoms with Crippen molar-refractivity contribution in [1.82, 2.24) is 9.97 Å². The van der Waals surface area contributed by atoms with E-state index in [-0.39, 0.29) is 11.2 Å². The highest BCUT2D eigenvalue weighted by molar-refractivity contribution is 5.88. The van der Waals surface area contributed by atoms with E-state index >= 15 is 0 Å². The molecule has 2 rings (SSSR count). The molecule has 0 fully saturated rings. The van der Waals surface area contributed by atoms with Crippen LogP contribution in [0.4, 0.5) is 5.82 Å². The Labute approximate surface area is 93.5 Å². The second kappa shape index (κ2) is 3.33. The minimum absolute atomic E-state index is 0.0523. The van der Waals surface area contributed by atoms with Crippen LogP contribution in [0.1, 0.15) is 26.3 Å². The summed E-state index contributed by atoms with van der Waals surface area (Å²) in [6.45, 7) is 6.39. The molecule has 2 aromatic rings. The number of benzene rings is 1. The Hall–Kier alpha value is -1.84. The number of hydrogen-bond acceptors (Lipinski definition) is 3. The summed E-state index contributed by atoms with van der Waals surface area (Å²) in [6, 6.07) is 5.85. The number of nitrogens with one attached hydrogen (secondary N) is 1. The fraction of sp³-hybridized carbons (Fsp3) is 0.333. The Morgan fingerprint density at radius 3 is 2.62 bits per heavy atom. The molecule has 4 nitrogen and oxygen atoms in total. The monoisotopic (exact) mass is 217 g/mol. The number of nitrogen functional groups attached to an aromatic ring is 1. The zero-order valence-electron chi connectivity index (χ0n) is 9.66. The van der Waals surface area contributed by atoms with Gasteiger partial charge >= 0.3 is 5.69 Å². The van der Waals surface area contributed by atoms with E-state index in [0.717, 1.165) is 10.9 Å². The quantitative estimate of drug-likeness (QED) is 0.706. The van der Waals surface area contributed by atoms with Gasteiger partial charge in [-0.15, -0.1) is 0 Å². The number of fused-ring (bicyclic) bond motifs is 1. The van der Waals surface area contributed by atoms with Gasteiger partial charge in [-0.1, -0.05) is 26.8 Å². The lowest BCUT2D eigenvalue weighted by atomic mass is 9.86. The lowest BCUT2D eigenvalue weighted by Crippen LogP contribution is -2.14. The van der Waals surface area contributed by atoms with Crippen LogP contribution in [0.3, 0.4) is 0 Å². The van der Waals surface area contributed by atoms with Gasteiger partial charge in [0.05, 0.1) is 5.52 Å². The molecule has 1 aromatic heterocycles. The number of hydrogen-bond donors (Lipinski definition) is 2. The Balaban J connectivity index is 2.76. The van der Waals surface area contributed by atoms with Gasteiger partial charge in [-0.2, -0.15) is 4.98 Å². The molecule has 1 aromatic carbocycles. The fourth-order valence-electron chi connectivity index (χ4n) is 1.64. The second-order valence-corrected chi connectivity index (χ2v) is 4.94. The lowest BCUT2D eigenvalue weighted by Gasteiger charge is -2.19. The lowest BCUT2D eigenvalue weighted by molar-refractivity contribution is 0.591. The Bertz CT molecular complexity index is 593. The van der Waals surface area contributed by atoms with Crippen molar-refractivity contribution in [3.8, 4) is 0 Å². The van der Waals surface area contributed by atoms with E-state index in [4.69, 9.17) is 5.73 Å². The van der Waals surface area contributed by atoms with Gasteiger partial charge in [0.1, 0.15) is 5.82 Å². The fourth-order valence-corrected chi connectivity index (χ4v) is 1.64. The maximum absolute atomic E-state index is 11.1. The minimum Gasteiger partial charge on any atom is -0.383 e. The van der Waals surface area contributed by atoms with E-state index in [1.165, 1.54) is 5.56 Å². The number of anilines is 1. The highest BCUT2D eigenvalue weighted by Gasteiger charge is 2.14. The molecule has 1 heterocycles. The molecule has 16 heavy (non-hydrogen) atoms. The van der Waals surface area contributed by atoms with Crippen molar-refractivity contribution in [2.24, 2.45) is 0 Å². The smallest absolute Gasteiger partial charge is 0.347 e. The molecule has 0 aliphatic rings. The van der Waals surface area contributed by atoms with Crippen LogP contribution >= 0.6 is 0 Å². The number of H-pyrrole nitrogens is 1. The maximum atomic E-state index is 11.1. The van der Waals surface area contributed by atoms with Gasteiger partial charge in [-0.25, -0.2) is 4.79 Å². The van der Waals surface area contributed by atoms with Gasteiger partial charge in [-0.05, 0) is 23.1 Å². The van der Waals surface area contributed by atoms with Gasteiger partial charge in [0, 0.05) is 5.39 Å². The van der Waals surface area contributed by atoms with Crippen LogP contribution in [-0.4, -0.2) is 9.97 Å². The van der Waals surface area contributed by atoms with Crippen LogP contribution in [-0.2, 0) is 5.41 Å². The van der Waals surface area contributed by atoms with Crippen LogP contribution in [0.15, 0.2) is 23.0 Å². The van der Waals surface area contributed by atoms with Crippen LogP contribution < -0.4 is 11.4 Å². The molecule has 0 bridgehead atoms. The zero-order chi connectivity index (χ0) is 11.9. The zero-order valence-corrected chi connectivity index (χ0v) is 9.66. The maximum Gasteiger partial charge on any atom is 0.347 e. The first-order valence-corrected chi connectivity index (χ1v) is 5.18. The number of nitrogens with zero attached hydrogens (tertiary/aromatic N) is 1. The van der Waals surface area contributed by atoms with Crippen molar-refractivity contribution in [1.29, 1.82) is 0 Å². The molecule has 84 valence electrons. The molecule has 3 N–H and O–H groups in total. The molecule has 4 heteroatoms. The first kappa shape index (κ1) is 10.7. The van der Waals surface area contributed by atoms with Gasteiger partial charge in [0.2, 0.25) is 0 Å². The van der Waals surface area contributed by atoms with Crippen LogP contribution in [0.25, 0.3) is 10.9 Å². The molecule has 0 radical (unpaired) electrons. The van der Waals surface area contributed by atoms with Crippen LogP contribution in [0.5, 0.6) is 0 Å². The van der Waals surface area contributed by atoms with E-state index < -0.39 is 5.69 Å². The standard InChI is InChI=1S/C12H15N3O/c1-12(2,3)7-4-5-9-8(6-7)10(13)15-11(16)14-9/h4-6H,1-3H3,(H3,13,14,15,16). The Morgan fingerprint density at radius 1 is 1.31 bits per heavy atom. The van der Waals surface area contributed by atoms with Crippen molar-refractivity contribution in [2.75, 3.05) is 5.73 Å². The molecule has 0 saturated heterocycles. The van der Waals surface area contributed by atoms with E-state index in [1.54, 1.807) is 0 Å². The molecule has 0 aliphatic carbocycles. The summed E-state index contributed by atoms with van der Waals surface area (Å²) in [5.74, 6) is 0.282. The highest BCUT2D eigenvalue weighted by atomic mass is 16.1. The average molecular weight is 217 g/mol. The molecule has 0 unspecified atom stereocenters. The summed E-state index contributed by atoms with van der Waals surface area (Å²) in [5.41, 5.74) is 7.28. The topological polar surface area (TPSA) is 71.8 Å². The first-order chi connectivity index (χ1) is 7.38. The Morgan fingerprint density at radius 2 is 2.00 bits per heavy atom. The average Bonchev–Trinajstić information content (AvgIpc) is 2.15. The normalized spacial score (nSPS) is 11.9. The highest BCUT2D eigenvalue weighted by Crippen LogP contribution is 2.26.